The van der Waals surface area contributed by atoms with E-state index in [1.54, 1.807) is 13.1 Å². The molecule has 0 aliphatic heterocycles. The maximum atomic E-state index is 10.2. The number of likely N-dealkylation sites (N-methyl/N-ethyl adjacent to an activating group) is 1. The van der Waals surface area contributed by atoms with E-state index in [1.165, 1.54) is 4.90 Å². The number of amides is 2. The highest BCUT2D eigenvalue weighted by Gasteiger charge is 1.96. The number of carbonyl (C=O) groups excluding carboxylic acids is 1. The van der Waals surface area contributed by atoms with Gasteiger partial charge in [-0.15, -0.1) is 6.58 Å². The minimum atomic E-state index is -0.426. The third kappa shape index (κ3) is 2.23. The molecule has 0 aromatic carbocycles. The van der Waals surface area contributed by atoms with Crippen LogP contribution in [0.15, 0.2) is 12.7 Å². The number of hydrogen-bond acceptors (Lipinski definition) is 1. The normalized spacial score (nSPS) is 8.12. The van der Waals surface area contributed by atoms with Crippen molar-refractivity contribution in [2.75, 3.05) is 13.6 Å². The Morgan fingerprint density at radius 1 is 2.00 bits per heavy atom. The molecule has 3 heteroatoms. The smallest absolute Gasteiger partial charge is 0.314 e. The van der Waals surface area contributed by atoms with Gasteiger partial charge in [-0.1, -0.05) is 6.08 Å². The van der Waals surface area contributed by atoms with E-state index >= 15 is 0 Å². The number of nitrogens with two attached hydrogens (primary N) is 1. The molecule has 2 N–H and O–H groups in total. The average molecular weight is 114 g/mol. The quantitative estimate of drug-likeness (QED) is 0.511. The van der Waals surface area contributed by atoms with E-state index in [4.69, 9.17) is 5.73 Å². The maximum Gasteiger partial charge on any atom is 0.314 e. The third-order valence-electron chi connectivity index (χ3n) is 0.779. The lowest BCUT2D eigenvalue weighted by Crippen LogP contribution is -2.31. The highest BCUT2D eigenvalue weighted by Crippen LogP contribution is 1.78. The molecular formula is C5H10N2O. The molecule has 0 rings (SSSR count). The van der Waals surface area contributed by atoms with Gasteiger partial charge in [-0.25, -0.2) is 4.79 Å². The minimum Gasteiger partial charge on any atom is -0.351 e. The van der Waals surface area contributed by atoms with Gasteiger partial charge >= 0.3 is 6.03 Å². The summed E-state index contributed by atoms with van der Waals surface area (Å²) in [5, 5.41) is 0. The van der Waals surface area contributed by atoms with Crippen molar-refractivity contribution in [1.29, 1.82) is 0 Å². The summed E-state index contributed by atoms with van der Waals surface area (Å²) in [6.45, 7) is 3.94. The fourth-order valence-corrected chi connectivity index (χ4v) is 0.284. The first-order valence-electron chi connectivity index (χ1n) is 2.30. The Morgan fingerprint density at radius 3 is 2.62 bits per heavy atom. The molecule has 3 nitrogen and oxygen atoms in total. The number of urea groups is 1. The minimum absolute atomic E-state index is 0.426. The zero-order valence-electron chi connectivity index (χ0n) is 4.92. The van der Waals surface area contributed by atoms with Crippen LogP contribution < -0.4 is 5.73 Å². The molecule has 2 amide bonds. The summed E-state index contributed by atoms with van der Waals surface area (Å²) in [6, 6.07) is -0.426. The molecular weight excluding hydrogens is 104 g/mol. The van der Waals surface area contributed by atoms with Crippen LogP contribution in [0.5, 0.6) is 0 Å². The van der Waals surface area contributed by atoms with Crippen LogP contribution in [-0.2, 0) is 0 Å². The van der Waals surface area contributed by atoms with Crippen molar-refractivity contribution < 1.29 is 4.79 Å². The Labute approximate surface area is 48.8 Å². The molecule has 0 radical (unpaired) electrons. The van der Waals surface area contributed by atoms with Gasteiger partial charge in [-0.05, 0) is 0 Å². The number of primary amides is 1. The molecule has 0 aromatic rings. The van der Waals surface area contributed by atoms with E-state index < -0.39 is 6.03 Å². The number of hydrogen-bond donors (Lipinski definition) is 1. The standard InChI is InChI=1S/C5H10N2O/c1-3-4-7(2)5(6)8/h3H,1,4H2,2H3,(H2,6,8). The van der Waals surface area contributed by atoms with Gasteiger partial charge in [0.25, 0.3) is 0 Å². The molecule has 0 bridgehead atoms. The zero-order chi connectivity index (χ0) is 6.57. The summed E-state index contributed by atoms with van der Waals surface area (Å²) in [6.07, 6.45) is 1.62. The van der Waals surface area contributed by atoms with Crippen LogP contribution in [0.4, 0.5) is 4.79 Å². The Balaban J connectivity index is 3.46. The topological polar surface area (TPSA) is 46.3 Å². The van der Waals surface area contributed by atoms with Crippen LogP contribution in [0.25, 0.3) is 0 Å². The first kappa shape index (κ1) is 7.01. The number of carbonyl (C=O) groups is 1. The fraction of sp³-hybridized carbons (Fsp3) is 0.400. The van der Waals surface area contributed by atoms with E-state index in [2.05, 4.69) is 6.58 Å². The van der Waals surface area contributed by atoms with Gasteiger partial charge in [-0.3, -0.25) is 0 Å². The SMILES string of the molecule is C=CCN(C)C(N)=O. The summed E-state index contributed by atoms with van der Waals surface area (Å²) < 4.78 is 0. The molecule has 0 fully saturated rings. The first-order chi connectivity index (χ1) is 3.68. The van der Waals surface area contributed by atoms with E-state index in [0.717, 1.165) is 0 Å². The fourth-order valence-electron chi connectivity index (χ4n) is 0.284. The summed E-state index contributed by atoms with van der Waals surface area (Å²) in [4.78, 5) is 11.6. The Kier molecular flexibility index (Phi) is 2.69. The van der Waals surface area contributed by atoms with E-state index in [9.17, 15) is 4.79 Å². The Bertz CT molecular complexity index is 101. The maximum absolute atomic E-state index is 10.2. The second kappa shape index (κ2) is 3.07. The van der Waals surface area contributed by atoms with Crippen molar-refractivity contribution in [3.63, 3.8) is 0 Å². The van der Waals surface area contributed by atoms with Gasteiger partial charge in [-0.2, -0.15) is 0 Å². The Hall–Kier alpha value is -0.990. The van der Waals surface area contributed by atoms with Crippen molar-refractivity contribution in [1.82, 2.24) is 4.90 Å². The lowest BCUT2D eigenvalue weighted by Gasteiger charge is -2.09. The molecule has 0 atom stereocenters. The molecule has 0 aliphatic rings. The van der Waals surface area contributed by atoms with E-state index in [-0.39, 0.29) is 0 Å². The lowest BCUT2D eigenvalue weighted by atomic mass is 10.6. The summed E-state index contributed by atoms with van der Waals surface area (Å²) in [5.74, 6) is 0. The average Bonchev–Trinajstić information content (AvgIpc) is 1.67. The molecule has 0 unspecified atom stereocenters. The van der Waals surface area contributed by atoms with Crippen molar-refractivity contribution in [3.05, 3.63) is 12.7 Å². The third-order valence-corrected chi connectivity index (χ3v) is 0.779. The van der Waals surface area contributed by atoms with Gasteiger partial charge < -0.3 is 10.6 Å². The Morgan fingerprint density at radius 2 is 2.50 bits per heavy atom. The van der Waals surface area contributed by atoms with Crippen molar-refractivity contribution in [2.24, 2.45) is 5.73 Å². The second-order valence-corrected chi connectivity index (χ2v) is 1.51. The van der Waals surface area contributed by atoms with Crippen molar-refractivity contribution >= 4 is 6.03 Å². The second-order valence-electron chi connectivity index (χ2n) is 1.51. The largest absolute Gasteiger partial charge is 0.351 e. The van der Waals surface area contributed by atoms with E-state index in [1.807, 2.05) is 0 Å². The predicted octanol–water partition coefficient (Wildman–Crippen LogP) is 0.183. The highest BCUT2D eigenvalue weighted by molar-refractivity contribution is 5.71. The molecule has 0 aliphatic carbocycles. The van der Waals surface area contributed by atoms with Crippen LogP contribution in [0.2, 0.25) is 0 Å². The zero-order valence-corrected chi connectivity index (χ0v) is 4.92. The van der Waals surface area contributed by atoms with Gasteiger partial charge in [0, 0.05) is 13.6 Å². The summed E-state index contributed by atoms with van der Waals surface area (Å²) in [5.41, 5.74) is 4.86. The van der Waals surface area contributed by atoms with Crippen molar-refractivity contribution in [3.8, 4) is 0 Å². The van der Waals surface area contributed by atoms with Gasteiger partial charge in [0.05, 0.1) is 0 Å². The predicted molar refractivity (Wildman–Crippen MR) is 32.4 cm³/mol. The molecule has 0 saturated carbocycles. The molecule has 0 spiro atoms. The molecule has 0 aromatic heterocycles. The van der Waals surface area contributed by atoms with Gasteiger partial charge in [0.2, 0.25) is 0 Å². The number of rotatable bonds is 2. The molecule has 8 heavy (non-hydrogen) atoms. The lowest BCUT2D eigenvalue weighted by molar-refractivity contribution is 0.223. The van der Waals surface area contributed by atoms with Crippen molar-refractivity contribution in [2.45, 2.75) is 0 Å². The number of nitrogens with zero attached hydrogens (tertiary/aromatic N) is 1. The summed E-state index contributed by atoms with van der Waals surface area (Å²) in [7, 11) is 1.62. The van der Waals surface area contributed by atoms with Gasteiger partial charge in [0.15, 0.2) is 0 Å². The molecule has 0 saturated heterocycles. The molecule has 46 valence electrons. The van der Waals surface area contributed by atoms with Crippen LogP contribution in [0.3, 0.4) is 0 Å². The van der Waals surface area contributed by atoms with Crippen LogP contribution >= 0.6 is 0 Å². The van der Waals surface area contributed by atoms with E-state index in [0.29, 0.717) is 6.54 Å². The molecule has 0 heterocycles. The first-order valence-corrected chi connectivity index (χ1v) is 2.30. The van der Waals surface area contributed by atoms with Crippen LogP contribution in [0, 0.1) is 0 Å². The van der Waals surface area contributed by atoms with Crippen LogP contribution in [0.1, 0.15) is 0 Å². The van der Waals surface area contributed by atoms with Gasteiger partial charge in [0.1, 0.15) is 0 Å². The monoisotopic (exact) mass is 114 g/mol. The summed E-state index contributed by atoms with van der Waals surface area (Å²) >= 11 is 0. The highest BCUT2D eigenvalue weighted by atomic mass is 16.2. The van der Waals surface area contributed by atoms with Crippen LogP contribution in [-0.4, -0.2) is 24.5 Å².